The van der Waals surface area contributed by atoms with Gasteiger partial charge in [0.05, 0.1) is 21.6 Å². The van der Waals surface area contributed by atoms with Crippen LogP contribution in [0.1, 0.15) is 56.5 Å². The molecule has 4 aromatic rings. The van der Waals surface area contributed by atoms with E-state index in [0.29, 0.717) is 23.9 Å². The molecule has 2 bridgehead atoms. The van der Waals surface area contributed by atoms with Crippen molar-refractivity contribution in [2.24, 2.45) is 5.92 Å². The van der Waals surface area contributed by atoms with Crippen LogP contribution in [0.5, 0.6) is 0 Å². The number of rotatable bonds is 5. The van der Waals surface area contributed by atoms with Crippen LogP contribution in [0.2, 0.25) is 0 Å². The summed E-state index contributed by atoms with van der Waals surface area (Å²) in [6.45, 7) is 6.31. The van der Waals surface area contributed by atoms with Crippen LogP contribution in [0.25, 0.3) is 15.4 Å². The van der Waals surface area contributed by atoms with Crippen LogP contribution in [0.15, 0.2) is 35.8 Å². The normalized spacial score (nSPS) is 21.2. The smallest absolute Gasteiger partial charge is 0.274 e. The molecule has 2 fully saturated rings. The van der Waals surface area contributed by atoms with Gasteiger partial charge in [0.1, 0.15) is 11.4 Å². The molecule has 180 valence electrons. The molecule has 1 saturated carbocycles. The van der Waals surface area contributed by atoms with E-state index in [1.54, 1.807) is 11.3 Å². The van der Waals surface area contributed by atoms with Gasteiger partial charge in [-0.2, -0.15) is 0 Å². The summed E-state index contributed by atoms with van der Waals surface area (Å²) in [6, 6.07) is 8.42. The lowest BCUT2D eigenvalue weighted by molar-refractivity contribution is 0.0577. The molecular formula is C26H27N5O2S2. The number of carbonyl (C=O) groups excluding carboxylic acids is 2. The molecule has 3 aromatic heterocycles. The average Bonchev–Trinajstić information content (AvgIpc) is 3.63. The number of nitrogens with one attached hydrogen (secondary N) is 1. The van der Waals surface area contributed by atoms with Crippen molar-refractivity contribution >= 4 is 39.4 Å². The van der Waals surface area contributed by atoms with Gasteiger partial charge in [-0.05, 0) is 51.5 Å². The minimum atomic E-state index is -0.145. The zero-order valence-electron chi connectivity index (χ0n) is 19.9. The summed E-state index contributed by atoms with van der Waals surface area (Å²) < 4.78 is 1.84. The fourth-order valence-corrected chi connectivity index (χ4v) is 7.46. The van der Waals surface area contributed by atoms with Gasteiger partial charge in [-0.15, -0.1) is 22.7 Å². The van der Waals surface area contributed by atoms with Crippen LogP contribution in [-0.2, 0) is 0 Å². The van der Waals surface area contributed by atoms with Crippen LogP contribution in [0, 0.1) is 26.7 Å². The van der Waals surface area contributed by atoms with Crippen molar-refractivity contribution in [3.8, 4) is 10.4 Å². The first-order valence-corrected chi connectivity index (χ1v) is 13.7. The van der Waals surface area contributed by atoms with Gasteiger partial charge in [-0.1, -0.05) is 29.8 Å². The molecule has 1 aromatic carbocycles. The summed E-state index contributed by atoms with van der Waals surface area (Å²) in [6.07, 6.45) is 4.98. The number of nitrogens with zero attached hydrogens (tertiary/aromatic N) is 4. The molecule has 1 aliphatic heterocycles. The second-order valence-corrected chi connectivity index (χ2v) is 11.7. The number of aromatic nitrogens is 3. The monoisotopic (exact) mass is 505 g/mol. The molecule has 0 radical (unpaired) electrons. The highest BCUT2D eigenvalue weighted by molar-refractivity contribution is 7.15. The van der Waals surface area contributed by atoms with Gasteiger partial charge in [-0.25, -0.2) is 9.97 Å². The van der Waals surface area contributed by atoms with Gasteiger partial charge in [0.25, 0.3) is 11.8 Å². The van der Waals surface area contributed by atoms with E-state index >= 15 is 0 Å². The average molecular weight is 506 g/mol. The number of likely N-dealkylation sites (tertiary alicyclic amines) is 1. The standard InChI is InChI=1S/C26H27N5O2S2/c1-14-5-4-6-18(11-14)23-21(29-16(3)35-23)25(33)31-19-8-7-17(12-19)20(31)13-27-24(32)22-15(2)28-26-30(22)9-10-34-26/h4-6,9-11,17,19-20H,7-8,12-13H2,1-3H3,(H,27,32)/t17-,19+,20+/m0/s1. The Hall–Kier alpha value is -3.04. The number of benzene rings is 1. The Morgan fingerprint density at radius 3 is 2.86 bits per heavy atom. The second-order valence-electron chi connectivity index (χ2n) is 9.60. The predicted molar refractivity (Wildman–Crippen MR) is 138 cm³/mol. The highest BCUT2D eigenvalue weighted by Gasteiger charge is 2.49. The summed E-state index contributed by atoms with van der Waals surface area (Å²) in [5, 5.41) is 5.93. The first-order valence-electron chi connectivity index (χ1n) is 12.0. The molecule has 3 atom stereocenters. The molecule has 1 saturated heterocycles. The number of imidazole rings is 1. The number of aryl methyl sites for hydroxylation is 3. The first kappa shape index (κ1) is 22.4. The maximum absolute atomic E-state index is 14.0. The lowest BCUT2D eigenvalue weighted by Crippen LogP contribution is -2.50. The number of piperidine rings is 1. The van der Waals surface area contributed by atoms with Crippen molar-refractivity contribution in [2.75, 3.05) is 6.54 Å². The van der Waals surface area contributed by atoms with Crippen molar-refractivity contribution in [3.05, 3.63) is 63.5 Å². The van der Waals surface area contributed by atoms with Crippen molar-refractivity contribution in [3.63, 3.8) is 0 Å². The van der Waals surface area contributed by atoms with E-state index in [9.17, 15) is 9.59 Å². The molecule has 1 N–H and O–H groups in total. The van der Waals surface area contributed by atoms with E-state index < -0.39 is 0 Å². The Bertz CT molecular complexity index is 1450. The van der Waals surface area contributed by atoms with Gasteiger partial charge < -0.3 is 10.2 Å². The Balaban J connectivity index is 1.26. The molecule has 4 heterocycles. The minimum absolute atomic E-state index is 0.0157. The molecule has 35 heavy (non-hydrogen) atoms. The summed E-state index contributed by atoms with van der Waals surface area (Å²) in [5.74, 6) is 0.241. The van der Waals surface area contributed by atoms with Crippen molar-refractivity contribution in [2.45, 2.75) is 52.1 Å². The highest BCUT2D eigenvalue weighted by Crippen LogP contribution is 2.44. The fourth-order valence-electron chi connectivity index (χ4n) is 5.80. The topological polar surface area (TPSA) is 79.6 Å². The van der Waals surface area contributed by atoms with Gasteiger partial charge in [-0.3, -0.25) is 14.0 Å². The SMILES string of the molecule is Cc1cccc(-c2sc(C)nc2C(=O)N2[C@@H]3CC[C@@H](C3)[C@H]2CNC(=O)c2c(C)nc3sccn23)c1. The fraction of sp³-hybridized carbons (Fsp3) is 0.385. The minimum Gasteiger partial charge on any atom is -0.349 e. The number of hydrogen-bond acceptors (Lipinski definition) is 6. The molecule has 9 heteroatoms. The Morgan fingerprint density at radius 1 is 1.17 bits per heavy atom. The van der Waals surface area contributed by atoms with Crippen molar-refractivity contribution in [1.29, 1.82) is 0 Å². The lowest BCUT2D eigenvalue weighted by Gasteiger charge is -2.35. The van der Waals surface area contributed by atoms with Crippen LogP contribution < -0.4 is 5.32 Å². The summed E-state index contributed by atoms with van der Waals surface area (Å²) in [7, 11) is 0. The lowest BCUT2D eigenvalue weighted by atomic mass is 9.98. The van der Waals surface area contributed by atoms with E-state index in [2.05, 4.69) is 34.3 Å². The van der Waals surface area contributed by atoms with E-state index in [4.69, 9.17) is 0 Å². The third kappa shape index (κ3) is 3.77. The number of carbonyl (C=O) groups is 2. The van der Waals surface area contributed by atoms with Crippen LogP contribution in [0.4, 0.5) is 0 Å². The largest absolute Gasteiger partial charge is 0.349 e. The van der Waals surface area contributed by atoms with E-state index in [1.807, 2.05) is 46.9 Å². The Morgan fingerprint density at radius 2 is 2.03 bits per heavy atom. The van der Waals surface area contributed by atoms with Crippen LogP contribution in [-0.4, -0.2) is 49.7 Å². The second kappa shape index (κ2) is 8.57. The van der Waals surface area contributed by atoms with Gasteiger partial charge in [0.2, 0.25) is 0 Å². The third-order valence-corrected chi connectivity index (χ3v) is 9.09. The molecule has 1 aliphatic carbocycles. The molecule has 0 unspecified atom stereocenters. The number of amides is 2. The van der Waals surface area contributed by atoms with Gasteiger partial charge in [0.15, 0.2) is 4.96 Å². The molecule has 2 amide bonds. The molecule has 2 aliphatic rings. The quantitative estimate of drug-likeness (QED) is 0.420. The number of thiazole rings is 2. The summed E-state index contributed by atoms with van der Waals surface area (Å²) >= 11 is 3.08. The highest BCUT2D eigenvalue weighted by atomic mass is 32.1. The van der Waals surface area contributed by atoms with Gasteiger partial charge in [0, 0.05) is 24.2 Å². The number of fused-ring (bicyclic) bond motifs is 3. The Labute approximate surface area is 211 Å². The summed E-state index contributed by atoms with van der Waals surface area (Å²) in [4.78, 5) is 40.0. The predicted octanol–water partition coefficient (Wildman–Crippen LogP) is 4.87. The van der Waals surface area contributed by atoms with Crippen molar-refractivity contribution in [1.82, 2.24) is 24.6 Å². The molecule has 6 rings (SSSR count). The Kier molecular flexibility index (Phi) is 5.49. The van der Waals surface area contributed by atoms with Crippen LogP contribution in [0.3, 0.4) is 0 Å². The number of hydrogen-bond donors (Lipinski definition) is 1. The van der Waals surface area contributed by atoms with E-state index in [-0.39, 0.29) is 23.9 Å². The molecular weight excluding hydrogens is 478 g/mol. The van der Waals surface area contributed by atoms with Crippen molar-refractivity contribution < 1.29 is 9.59 Å². The van der Waals surface area contributed by atoms with E-state index in [0.717, 1.165) is 50.9 Å². The van der Waals surface area contributed by atoms with Gasteiger partial charge >= 0.3 is 0 Å². The van der Waals surface area contributed by atoms with E-state index in [1.165, 1.54) is 11.3 Å². The van der Waals surface area contributed by atoms with Crippen LogP contribution >= 0.6 is 22.7 Å². The maximum atomic E-state index is 14.0. The zero-order valence-corrected chi connectivity index (χ0v) is 21.6. The molecule has 0 spiro atoms. The zero-order chi connectivity index (χ0) is 24.3. The third-order valence-electron chi connectivity index (χ3n) is 7.32. The first-order chi connectivity index (χ1) is 16.9. The maximum Gasteiger partial charge on any atom is 0.274 e. The summed E-state index contributed by atoms with van der Waals surface area (Å²) in [5.41, 5.74) is 4.01. The molecule has 7 nitrogen and oxygen atoms in total.